The second-order valence-electron chi connectivity index (χ2n) is 4.81. The third-order valence-corrected chi connectivity index (χ3v) is 5.84. The second kappa shape index (κ2) is 7.45. The molecule has 1 aliphatic carbocycles. The molecule has 0 aliphatic heterocycles. The molecule has 3 heteroatoms. The molecule has 0 saturated heterocycles. The zero-order valence-electron chi connectivity index (χ0n) is 10.7. The fourth-order valence-electron chi connectivity index (χ4n) is 2.68. The Bertz CT molecular complexity index is 291. The second-order valence-corrected chi connectivity index (χ2v) is 7.07. The van der Waals surface area contributed by atoms with Crippen molar-refractivity contribution in [3.8, 4) is 0 Å². The predicted octanol–water partition coefficient (Wildman–Crippen LogP) is 4.40. The first-order chi connectivity index (χ1) is 8.40. The average molecular weight is 269 g/mol. The summed E-state index contributed by atoms with van der Waals surface area (Å²) >= 11 is 3.89. The van der Waals surface area contributed by atoms with Crippen molar-refractivity contribution in [1.29, 1.82) is 0 Å². The third-order valence-electron chi connectivity index (χ3n) is 3.59. The molecule has 1 fully saturated rings. The lowest BCUT2D eigenvalue weighted by Gasteiger charge is -2.30. The Morgan fingerprint density at radius 3 is 2.88 bits per heavy atom. The molecule has 2 rings (SSSR count). The third kappa shape index (κ3) is 4.31. The SMILES string of the molecule is CCNC(CSc1cccs1)C1CCCCC1. The molecule has 1 unspecified atom stereocenters. The van der Waals surface area contributed by atoms with Gasteiger partial charge in [-0.3, -0.25) is 0 Å². The van der Waals surface area contributed by atoms with Gasteiger partial charge in [-0.2, -0.15) is 0 Å². The average Bonchev–Trinajstić information content (AvgIpc) is 2.88. The van der Waals surface area contributed by atoms with Gasteiger partial charge >= 0.3 is 0 Å². The summed E-state index contributed by atoms with van der Waals surface area (Å²) in [5, 5.41) is 5.87. The highest BCUT2D eigenvalue weighted by Gasteiger charge is 2.22. The zero-order chi connectivity index (χ0) is 11.9. The van der Waals surface area contributed by atoms with Gasteiger partial charge in [0.1, 0.15) is 0 Å². The van der Waals surface area contributed by atoms with Crippen LogP contribution in [0.3, 0.4) is 0 Å². The van der Waals surface area contributed by atoms with Crippen LogP contribution >= 0.6 is 23.1 Å². The van der Waals surface area contributed by atoms with Gasteiger partial charge in [0.15, 0.2) is 0 Å². The molecule has 1 aromatic heterocycles. The van der Waals surface area contributed by atoms with Crippen LogP contribution in [0, 0.1) is 5.92 Å². The van der Waals surface area contributed by atoms with E-state index < -0.39 is 0 Å². The van der Waals surface area contributed by atoms with Gasteiger partial charge in [0.2, 0.25) is 0 Å². The van der Waals surface area contributed by atoms with Crippen LogP contribution in [0.5, 0.6) is 0 Å². The van der Waals surface area contributed by atoms with E-state index in [2.05, 4.69) is 29.8 Å². The molecule has 0 aromatic carbocycles. The Labute approximate surface area is 113 Å². The van der Waals surface area contributed by atoms with Gasteiger partial charge in [-0.25, -0.2) is 0 Å². The fraction of sp³-hybridized carbons (Fsp3) is 0.714. The van der Waals surface area contributed by atoms with Crippen LogP contribution in [-0.4, -0.2) is 18.3 Å². The first-order valence-electron chi connectivity index (χ1n) is 6.80. The molecule has 1 nitrogen and oxygen atoms in total. The van der Waals surface area contributed by atoms with E-state index in [1.165, 1.54) is 42.1 Å². The molecule has 1 aromatic rings. The molecular formula is C14H23NS2. The van der Waals surface area contributed by atoms with E-state index in [1.54, 1.807) is 0 Å². The van der Waals surface area contributed by atoms with Crippen molar-refractivity contribution in [3.63, 3.8) is 0 Å². The number of thiophene rings is 1. The van der Waals surface area contributed by atoms with Gasteiger partial charge in [-0.05, 0) is 36.8 Å². The Morgan fingerprint density at radius 1 is 1.41 bits per heavy atom. The van der Waals surface area contributed by atoms with Gasteiger partial charge in [-0.15, -0.1) is 23.1 Å². The molecule has 0 bridgehead atoms. The van der Waals surface area contributed by atoms with Crippen molar-refractivity contribution in [2.75, 3.05) is 12.3 Å². The number of hydrogen-bond acceptors (Lipinski definition) is 3. The van der Waals surface area contributed by atoms with E-state index in [0.717, 1.165) is 12.5 Å². The monoisotopic (exact) mass is 269 g/mol. The summed E-state index contributed by atoms with van der Waals surface area (Å²) in [6.07, 6.45) is 7.20. The van der Waals surface area contributed by atoms with E-state index in [0.29, 0.717) is 6.04 Å². The Morgan fingerprint density at radius 2 is 2.24 bits per heavy atom. The minimum absolute atomic E-state index is 0.715. The van der Waals surface area contributed by atoms with Gasteiger partial charge in [0.05, 0.1) is 4.21 Å². The summed E-state index contributed by atoms with van der Waals surface area (Å²) in [5.41, 5.74) is 0. The summed E-state index contributed by atoms with van der Waals surface area (Å²) in [6.45, 7) is 3.33. The van der Waals surface area contributed by atoms with Crippen LogP contribution in [-0.2, 0) is 0 Å². The minimum Gasteiger partial charge on any atom is -0.313 e. The number of thioether (sulfide) groups is 1. The van der Waals surface area contributed by atoms with Crippen LogP contribution in [0.2, 0.25) is 0 Å². The van der Waals surface area contributed by atoms with Crippen molar-refractivity contribution < 1.29 is 0 Å². The van der Waals surface area contributed by atoms with Gasteiger partial charge in [0.25, 0.3) is 0 Å². The van der Waals surface area contributed by atoms with Crippen molar-refractivity contribution in [1.82, 2.24) is 5.32 Å². The van der Waals surface area contributed by atoms with Gasteiger partial charge in [0, 0.05) is 11.8 Å². The van der Waals surface area contributed by atoms with Crippen molar-refractivity contribution in [3.05, 3.63) is 17.5 Å². The highest BCUT2D eigenvalue weighted by molar-refractivity contribution is 8.01. The maximum absolute atomic E-state index is 3.70. The molecule has 1 heterocycles. The first kappa shape index (κ1) is 13.4. The molecule has 1 saturated carbocycles. The fourth-order valence-corrected chi connectivity index (χ4v) is 4.68. The van der Waals surface area contributed by atoms with Crippen LogP contribution in [0.25, 0.3) is 0 Å². The molecular weight excluding hydrogens is 246 g/mol. The van der Waals surface area contributed by atoms with E-state index in [1.807, 2.05) is 23.1 Å². The molecule has 1 aliphatic rings. The lowest BCUT2D eigenvalue weighted by molar-refractivity contribution is 0.288. The van der Waals surface area contributed by atoms with E-state index in [4.69, 9.17) is 0 Å². The molecule has 0 amide bonds. The van der Waals surface area contributed by atoms with Crippen LogP contribution < -0.4 is 5.32 Å². The Hall–Kier alpha value is 0.01000. The van der Waals surface area contributed by atoms with Gasteiger partial charge < -0.3 is 5.32 Å². The Kier molecular flexibility index (Phi) is 5.89. The topological polar surface area (TPSA) is 12.0 Å². The molecule has 0 spiro atoms. The van der Waals surface area contributed by atoms with E-state index in [9.17, 15) is 0 Å². The summed E-state index contributed by atoms with van der Waals surface area (Å²) in [5.74, 6) is 2.15. The first-order valence-corrected chi connectivity index (χ1v) is 8.66. The number of nitrogens with one attached hydrogen (secondary N) is 1. The summed E-state index contributed by atoms with van der Waals surface area (Å²) in [7, 11) is 0. The zero-order valence-corrected chi connectivity index (χ0v) is 12.3. The van der Waals surface area contributed by atoms with Crippen LogP contribution in [0.4, 0.5) is 0 Å². The van der Waals surface area contributed by atoms with Crippen molar-refractivity contribution in [2.24, 2.45) is 5.92 Å². The quantitative estimate of drug-likeness (QED) is 0.768. The minimum atomic E-state index is 0.715. The lowest BCUT2D eigenvalue weighted by atomic mass is 9.84. The van der Waals surface area contributed by atoms with Crippen molar-refractivity contribution in [2.45, 2.75) is 49.3 Å². The lowest BCUT2D eigenvalue weighted by Crippen LogP contribution is -2.39. The maximum atomic E-state index is 3.70. The molecule has 0 radical (unpaired) electrons. The molecule has 96 valence electrons. The normalized spacial score (nSPS) is 19.4. The summed E-state index contributed by atoms with van der Waals surface area (Å²) in [4.78, 5) is 0. The van der Waals surface area contributed by atoms with E-state index >= 15 is 0 Å². The highest BCUT2D eigenvalue weighted by atomic mass is 32.2. The summed E-state index contributed by atoms with van der Waals surface area (Å²) < 4.78 is 1.46. The standard InChI is InChI=1S/C14H23NS2/c1-2-15-13(12-7-4-3-5-8-12)11-17-14-9-6-10-16-14/h6,9-10,12-13,15H,2-5,7-8,11H2,1H3. The summed E-state index contributed by atoms with van der Waals surface area (Å²) in [6, 6.07) is 5.10. The number of hydrogen-bond donors (Lipinski definition) is 1. The van der Waals surface area contributed by atoms with E-state index in [-0.39, 0.29) is 0 Å². The molecule has 17 heavy (non-hydrogen) atoms. The maximum Gasteiger partial charge on any atom is 0.0599 e. The molecule has 1 N–H and O–H groups in total. The van der Waals surface area contributed by atoms with Crippen LogP contribution in [0.15, 0.2) is 21.7 Å². The highest BCUT2D eigenvalue weighted by Crippen LogP contribution is 2.31. The smallest absolute Gasteiger partial charge is 0.0599 e. The molecule has 1 atom stereocenters. The van der Waals surface area contributed by atoms with Gasteiger partial charge in [-0.1, -0.05) is 32.3 Å². The largest absolute Gasteiger partial charge is 0.313 e. The van der Waals surface area contributed by atoms with Crippen LogP contribution in [0.1, 0.15) is 39.0 Å². The predicted molar refractivity (Wildman–Crippen MR) is 79.1 cm³/mol. The van der Waals surface area contributed by atoms with Crippen molar-refractivity contribution >= 4 is 23.1 Å². The Balaban J connectivity index is 1.82. The number of rotatable bonds is 6.